The fourth-order valence-corrected chi connectivity index (χ4v) is 5.55. The van der Waals surface area contributed by atoms with Gasteiger partial charge in [0.05, 0.1) is 6.61 Å². The van der Waals surface area contributed by atoms with Gasteiger partial charge >= 0.3 is 11.9 Å². The Morgan fingerprint density at radius 3 is 1.05 bits per heavy atom. The lowest BCUT2D eigenvalue weighted by Crippen LogP contribution is -2.28. The molecule has 0 amide bonds. The Kier molecular flexibility index (Phi) is 33.5. The standard InChI is InChI=1S/C37H72O5/c1-3-5-7-9-11-13-15-17-19-21-23-25-27-29-31-36(39)41-34-35(33-38)42-37(40)32-30-28-26-24-22-20-18-16-14-12-10-8-6-4-2/h35,38H,3-34H2,1-2H3/t35-/m1/s1. The minimum atomic E-state index is -0.760. The summed E-state index contributed by atoms with van der Waals surface area (Å²) in [5.41, 5.74) is 0. The van der Waals surface area contributed by atoms with E-state index in [1.165, 1.54) is 148 Å². The molecule has 0 aromatic rings. The van der Waals surface area contributed by atoms with Crippen LogP contribution in [0, 0.1) is 0 Å². The van der Waals surface area contributed by atoms with Crippen LogP contribution in [0.5, 0.6) is 0 Å². The van der Waals surface area contributed by atoms with E-state index in [0.29, 0.717) is 12.8 Å². The minimum absolute atomic E-state index is 0.0571. The van der Waals surface area contributed by atoms with Crippen molar-refractivity contribution >= 4 is 11.9 Å². The molecule has 0 rings (SSSR count). The molecular weight excluding hydrogens is 524 g/mol. The molecule has 0 fully saturated rings. The second kappa shape index (κ2) is 34.4. The molecule has 0 aliphatic carbocycles. The molecule has 0 aliphatic rings. The number of aliphatic hydroxyl groups excluding tert-OH is 1. The smallest absolute Gasteiger partial charge is 0.306 e. The third kappa shape index (κ3) is 31.8. The molecule has 0 radical (unpaired) electrons. The predicted octanol–water partition coefficient (Wildman–Crippen LogP) is 11.2. The van der Waals surface area contributed by atoms with Crippen LogP contribution >= 0.6 is 0 Å². The molecule has 1 atom stereocenters. The third-order valence-electron chi connectivity index (χ3n) is 8.40. The second-order valence-corrected chi connectivity index (χ2v) is 12.7. The van der Waals surface area contributed by atoms with Gasteiger partial charge in [0, 0.05) is 12.8 Å². The van der Waals surface area contributed by atoms with Crippen molar-refractivity contribution in [3.05, 3.63) is 0 Å². The Hall–Kier alpha value is -1.10. The summed E-state index contributed by atoms with van der Waals surface area (Å²) in [4.78, 5) is 24.2. The van der Waals surface area contributed by atoms with E-state index >= 15 is 0 Å². The van der Waals surface area contributed by atoms with Gasteiger partial charge in [-0.2, -0.15) is 0 Å². The lowest BCUT2D eigenvalue weighted by atomic mass is 10.0. The number of rotatable bonds is 34. The highest BCUT2D eigenvalue weighted by Crippen LogP contribution is 2.15. The SMILES string of the molecule is CCCCCCCCCCCCCCCCC(=O)OC[C@@H](CO)OC(=O)CCCCCCCCCCCCCCCC. The lowest BCUT2D eigenvalue weighted by Gasteiger charge is -2.15. The highest BCUT2D eigenvalue weighted by atomic mass is 16.6. The van der Waals surface area contributed by atoms with Crippen LogP contribution in [0.4, 0.5) is 0 Å². The zero-order valence-electron chi connectivity index (χ0n) is 28.3. The van der Waals surface area contributed by atoms with Gasteiger partial charge < -0.3 is 14.6 Å². The summed E-state index contributed by atoms with van der Waals surface area (Å²) in [6.45, 7) is 4.15. The average molecular weight is 597 g/mol. The lowest BCUT2D eigenvalue weighted by molar-refractivity contribution is -0.161. The third-order valence-corrected chi connectivity index (χ3v) is 8.40. The molecule has 0 bridgehead atoms. The molecule has 250 valence electrons. The van der Waals surface area contributed by atoms with Crippen LogP contribution < -0.4 is 0 Å². The summed E-state index contributed by atoms with van der Waals surface area (Å²) in [7, 11) is 0. The minimum Gasteiger partial charge on any atom is -0.462 e. The van der Waals surface area contributed by atoms with Crippen LogP contribution in [0.25, 0.3) is 0 Å². The van der Waals surface area contributed by atoms with E-state index in [-0.39, 0.29) is 25.2 Å². The van der Waals surface area contributed by atoms with Crippen molar-refractivity contribution < 1.29 is 24.2 Å². The van der Waals surface area contributed by atoms with Gasteiger partial charge in [-0.3, -0.25) is 9.59 Å². The van der Waals surface area contributed by atoms with E-state index in [4.69, 9.17) is 9.47 Å². The van der Waals surface area contributed by atoms with Crippen LogP contribution in [0.1, 0.15) is 206 Å². The van der Waals surface area contributed by atoms with Crippen molar-refractivity contribution in [2.45, 2.75) is 213 Å². The van der Waals surface area contributed by atoms with Crippen LogP contribution in [0.3, 0.4) is 0 Å². The summed E-state index contributed by atoms with van der Waals surface area (Å²) in [5, 5.41) is 9.52. The number of unbranched alkanes of at least 4 members (excludes halogenated alkanes) is 26. The van der Waals surface area contributed by atoms with Crippen molar-refractivity contribution in [2.75, 3.05) is 13.2 Å². The van der Waals surface area contributed by atoms with Crippen molar-refractivity contribution in [2.24, 2.45) is 0 Å². The molecule has 5 nitrogen and oxygen atoms in total. The van der Waals surface area contributed by atoms with E-state index in [2.05, 4.69) is 13.8 Å². The first-order valence-corrected chi connectivity index (χ1v) is 18.6. The fourth-order valence-electron chi connectivity index (χ4n) is 5.55. The maximum absolute atomic E-state index is 12.1. The Labute approximate surface area is 261 Å². The topological polar surface area (TPSA) is 72.8 Å². The van der Waals surface area contributed by atoms with Gasteiger partial charge in [0.1, 0.15) is 6.61 Å². The highest BCUT2D eigenvalue weighted by Gasteiger charge is 2.16. The molecule has 0 aromatic carbocycles. The first-order chi connectivity index (χ1) is 20.6. The molecule has 5 heteroatoms. The van der Waals surface area contributed by atoms with Gasteiger partial charge in [-0.05, 0) is 12.8 Å². The largest absolute Gasteiger partial charge is 0.462 e. The summed E-state index contributed by atoms with van der Waals surface area (Å²) in [6.07, 6.45) is 35.8. The first kappa shape index (κ1) is 40.9. The van der Waals surface area contributed by atoms with Gasteiger partial charge in [0.15, 0.2) is 6.10 Å². The van der Waals surface area contributed by atoms with Gasteiger partial charge in [0.25, 0.3) is 0 Å². The molecule has 0 saturated heterocycles. The number of aliphatic hydroxyl groups is 1. The van der Waals surface area contributed by atoms with E-state index in [9.17, 15) is 14.7 Å². The van der Waals surface area contributed by atoms with Crippen molar-refractivity contribution in [3.8, 4) is 0 Å². The van der Waals surface area contributed by atoms with Crippen LogP contribution in [-0.4, -0.2) is 36.4 Å². The van der Waals surface area contributed by atoms with Crippen LogP contribution in [0.2, 0.25) is 0 Å². The average Bonchev–Trinajstić information content (AvgIpc) is 2.99. The molecule has 0 heterocycles. The summed E-state index contributed by atoms with van der Waals surface area (Å²) < 4.78 is 10.6. The quantitative estimate of drug-likeness (QED) is 0.0591. The predicted molar refractivity (Wildman–Crippen MR) is 178 cm³/mol. The number of carbonyl (C=O) groups excluding carboxylic acids is 2. The fraction of sp³-hybridized carbons (Fsp3) is 0.946. The Morgan fingerprint density at radius 2 is 0.738 bits per heavy atom. The maximum Gasteiger partial charge on any atom is 0.306 e. The second-order valence-electron chi connectivity index (χ2n) is 12.7. The molecule has 0 aromatic heterocycles. The summed E-state index contributed by atoms with van der Waals surface area (Å²) in [5.74, 6) is -0.577. The molecule has 1 N–H and O–H groups in total. The molecular formula is C37H72O5. The molecule has 0 unspecified atom stereocenters. The Balaban J connectivity index is 3.51. The first-order valence-electron chi connectivity index (χ1n) is 18.6. The number of ether oxygens (including phenoxy) is 2. The van der Waals surface area contributed by atoms with E-state index in [0.717, 1.165) is 32.1 Å². The number of hydrogen-bond donors (Lipinski definition) is 1. The number of esters is 2. The molecule has 0 saturated carbocycles. The van der Waals surface area contributed by atoms with Crippen molar-refractivity contribution in [3.63, 3.8) is 0 Å². The Bertz CT molecular complexity index is 564. The van der Waals surface area contributed by atoms with E-state index in [1.54, 1.807) is 0 Å². The molecule has 0 spiro atoms. The van der Waals surface area contributed by atoms with Gasteiger partial charge in [-0.1, -0.05) is 181 Å². The zero-order valence-corrected chi connectivity index (χ0v) is 28.3. The zero-order chi connectivity index (χ0) is 30.8. The van der Waals surface area contributed by atoms with Crippen molar-refractivity contribution in [1.82, 2.24) is 0 Å². The number of carbonyl (C=O) groups is 2. The van der Waals surface area contributed by atoms with Gasteiger partial charge in [0.2, 0.25) is 0 Å². The van der Waals surface area contributed by atoms with Crippen LogP contribution in [-0.2, 0) is 19.1 Å². The van der Waals surface area contributed by atoms with Crippen LogP contribution in [0.15, 0.2) is 0 Å². The number of hydrogen-bond acceptors (Lipinski definition) is 5. The van der Waals surface area contributed by atoms with E-state index in [1.807, 2.05) is 0 Å². The highest BCUT2D eigenvalue weighted by molar-refractivity contribution is 5.70. The van der Waals surface area contributed by atoms with Crippen molar-refractivity contribution in [1.29, 1.82) is 0 Å². The molecule has 42 heavy (non-hydrogen) atoms. The monoisotopic (exact) mass is 597 g/mol. The normalized spacial score (nSPS) is 12.0. The van der Waals surface area contributed by atoms with E-state index < -0.39 is 6.10 Å². The van der Waals surface area contributed by atoms with Gasteiger partial charge in [-0.25, -0.2) is 0 Å². The maximum atomic E-state index is 12.1. The van der Waals surface area contributed by atoms with Gasteiger partial charge in [-0.15, -0.1) is 0 Å². The Morgan fingerprint density at radius 1 is 0.452 bits per heavy atom. The summed E-state index contributed by atoms with van der Waals surface area (Å²) in [6, 6.07) is 0. The summed E-state index contributed by atoms with van der Waals surface area (Å²) >= 11 is 0. The molecule has 0 aliphatic heterocycles.